The Balaban J connectivity index is 2.29. The molecule has 2 unspecified atom stereocenters. The highest BCUT2D eigenvalue weighted by molar-refractivity contribution is 5.75. The Morgan fingerprint density at radius 1 is 1.33 bits per heavy atom. The highest BCUT2D eigenvalue weighted by atomic mass is 16.4. The topological polar surface area (TPSA) is 91.6 Å². The van der Waals surface area contributed by atoms with Crippen molar-refractivity contribution in [3.63, 3.8) is 0 Å². The first kappa shape index (κ1) is 14.1. The van der Waals surface area contributed by atoms with Crippen LogP contribution in [0.15, 0.2) is 22.8 Å². The van der Waals surface area contributed by atoms with Gasteiger partial charge in [0, 0.05) is 18.5 Å². The molecule has 6 nitrogen and oxygen atoms in total. The van der Waals surface area contributed by atoms with Crippen LogP contribution in [0.2, 0.25) is 0 Å². The number of aliphatic carboxylic acids is 1. The lowest BCUT2D eigenvalue weighted by Crippen LogP contribution is -2.45. The Bertz CT molecular complexity index is 389. The number of amides is 2. The molecule has 0 saturated heterocycles. The summed E-state index contributed by atoms with van der Waals surface area (Å²) in [6.07, 6.45) is 2.07. The Morgan fingerprint density at radius 2 is 2.00 bits per heavy atom. The van der Waals surface area contributed by atoms with Crippen LogP contribution in [0.1, 0.15) is 26.0 Å². The Hall–Kier alpha value is -1.98. The van der Waals surface area contributed by atoms with Gasteiger partial charge in [-0.15, -0.1) is 0 Å². The zero-order chi connectivity index (χ0) is 13.5. The van der Waals surface area contributed by atoms with E-state index in [1.165, 1.54) is 0 Å². The Morgan fingerprint density at radius 3 is 2.56 bits per heavy atom. The first-order chi connectivity index (χ1) is 8.47. The highest BCUT2D eigenvalue weighted by Gasteiger charge is 2.13. The molecule has 2 atom stereocenters. The van der Waals surface area contributed by atoms with Crippen LogP contribution >= 0.6 is 0 Å². The van der Waals surface area contributed by atoms with Crippen LogP contribution in [0.4, 0.5) is 4.79 Å². The summed E-state index contributed by atoms with van der Waals surface area (Å²) >= 11 is 0. The van der Waals surface area contributed by atoms with Crippen LogP contribution in [-0.2, 0) is 11.2 Å². The lowest BCUT2D eigenvalue weighted by molar-refractivity contribution is -0.137. The fourth-order valence-corrected chi connectivity index (χ4v) is 1.58. The molecule has 1 aromatic rings. The molecule has 6 heteroatoms. The molecule has 0 aliphatic carbocycles. The Kier molecular flexibility index (Phi) is 5.23. The maximum Gasteiger partial charge on any atom is 0.315 e. The van der Waals surface area contributed by atoms with E-state index in [4.69, 9.17) is 9.52 Å². The number of hydrogen-bond donors (Lipinski definition) is 3. The van der Waals surface area contributed by atoms with Crippen molar-refractivity contribution in [2.24, 2.45) is 0 Å². The van der Waals surface area contributed by atoms with Gasteiger partial charge in [0.25, 0.3) is 0 Å². The molecule has 1 heterocycles. The van der Waals surface area contributed by atoms with Crippen molar-refractivity contribution >= 4 is 12.0 Å². The maximum absolute atomic E-state index is 11.5. The van der Waals surface area contributed by atoms with E-state index in [1.54, 1.807) is 19.3 Å². The molecule has 3 N–H and O–H groups in total. The lowest BCUT2D eigenvalue weighted by atomic mass is 10.2. The van der Waals surface area contributed by atoms with E-state index in [0.717, 1.165) is 5.76 Å². The molecule has 0 aliphatic heterocycles. The van der Waals surface area contributed by atoms with Gasteiger partial charge >= 0.3 is 12.0 Å². The van der Waals surface area contributed by atoms with Crippen LogP contribution in [0.3, 0.4) is 0 Å². The van der Waals surface area contributed by atoms with Crippen LogP contribution in [0.25, 0.3) is 0 Å². The summed E-state index contributed by atoms with van der Waals surface area (Å²) in [6.45, 7) is 3.49. The summed E-state index contributed by atoms with van der Waals surface area (Å²) in [4.78, 5) is 22.0. The predicted molar refractivity (Wildman–Crippen MR) is 65.3 cm³/mol. The number of nitrogens with one attached hydrogen (secondary N) is 2. The third-order valence-corrected chi connectivity index (χ3v) is 2.32. The number of hydrogen-bond acceptors (Lipinski definition) is 3. The van der Waals surface area contributed by atoms with Gasteiger partial charge in [-0.25, -0.2) is 4.79 Å². The minimum atomic E-state index is -0.938. The molecule has 0 saturated carbocycles. The van der Waals surface area contributed by atoms with E-state index in [2.05, 4.69) is 10.6 Å². The van der Waals surface area contributed by atoms with E-state index < -0.39 is 12.0 Å². The van der Waals surface area contributed by atoms with Gasteiger partial charge in [-0.3, -0.25) is 4.79 Å². The largest absolute Gasteiger partial charge is 0.481 e. The molecule has 0 aromatic carbocycles. The van der Waals surface area contributed by atoms with Crippen molar-refractivity contribution in [3.8, 4) is 0 Å². The second-order valence-corrected chi connectivity index (χ2v) is 4.30. The predicted octanol–water partition coefficient (Wildman–Crippen LogP) is 1.37. The van der Waals surface area contributed by atoms with Gasteiger partial charge in [-0.2, -0.15) is 0 Å². The normalized spacial score (nSPS) is 13.7. The molecule has 2 amide bonds. The van der Waals surface area contributed by atoms with Crippen molar-refractivity contribution in [1.29, 1.82) is 0 Å². The number of urea groups is 1. The van der Waals surface area contributed by atoms with Gasteiger partial charge in [-0.05, 0) is 26.0 Å². The zero-order valence-electron chi connectivity index (χ0n) is 10.5. The maximum atomic E-state index is 11.5. The number of carbonyl (C=O) groups is 2. The number of rotatable bonds is 6. The SMILES string of the molecule is CC(CC(=O)O)NC(=O)NC(C)Cc1ccco1. The standard InChI is InChI=1S/C12H18N2O4/c1-8(6-10-4-3-5-18-10)13-12(17)14-9(2)7-11(15)16/h3-5,8-9H,6-7H2,1-2H3,(H,15,16)(H2,13,14,17). The van der Waals surface area contributed by atoms with Gasteiger partial charge in [0.15, 0.2) is 0 Å². The summed E-state index contributed by atoms with van der Waals surface area (Å²) in [7, 11) is 0. The third-order valence-electron chi connectivity index (χ3n) is 2.32. The average Bonchev–Trinajstić information content (AvgIpc) is 2.67. The van der Waals surface area contributed by atoms with E-state index in [9.17, 15) is 9.59 Å². The van der Waals surface area contributed by atoms with E-state index in [0.29, 0.717) is 6.42 Å². The summed E-state index contributed by atoms with van der Waals surface area (Å²) < 4.78 is 5.17. The van der Waals surface area contributed by atoms with Gasteiger partial charge < -0.3 is 20.2 Å². The Labute approximate surface area is 105 Å². The molecule has 18 heavy (non-hydrogen) atoms. The number of carboxylic acids is 1. The quantitative estimate of drug-likeness (QED) is 0.715. The second kappa shape index (κ2) is 6.68. The van der Waals surface area contributed by atoms with Crippen molar-refractivity contribution in [3.05, 3.63) is 24.2 Å². The summed E-state index contributed by atoms with van der Waals surface area (Å²) in [5.74, 6) is -0.146. The van der Waals surface area contributed by atoms with Crippen molar-refractivity contribution < 1.29 is 19.1 Å². The van der Waals surface area contributed by atoms with Gasteiger partial charge in [0.2, 0.25) is 0 Å². The number of furan rings is 1. The van der Waals surface area contributed by atoms with E-state index in [1.807, 2.05) is 13.0 Å². The van der Waals surface area contributed by atoms with Crippen LogP contribution in [0, 0.1) is 0 Å². The molecule has 0 spiro atoms. The molecule has 1 rings (SSSR count). The van der Waals surface area contributed by atoms with E-state index >= 15 is 0 Å². The first-order valence-electron chi connectivity index (χ1n) is 5.78. The second-order valence-electron chi connectivity index (χ2n) is 4.30. The summed E-state index contributed by atoms with van der Waals surface area (Å²) in [5.41, 5.74) is 0. The monoisotopic (exact) mass is 254 g/mol. The summed E-state index contributed by atoms with van der Waals surface area (Å²) in [6, 6.07) is 2.76. The minimum Gasteiger partial charge on any atom is -0.481 e. The van der Waals surface area contributed by atoms with Gasteiger partial charge in [0.1, 0.15) is 5.76 Å². The van der Waals surface area contributed by atoms with Crippen LogP contribution in [-0.4, -0.2) is 29.2 Å². The van der Waals surface area contributed by atoms with Crippen molar-refractivity contribution in [2.75, 3.05) is 0 Å². The zero-order valence-corrected chi connectivity index (χ0v) is 10.5. The summed E-state index contributed by atoms with van der Waals surface area (Å²) in [5, 5.41) is 13.8. The third kappa shape index (κ3) is 5.38. The molecule has 0 radical (unpaired) electrons. The molecule has 1 aromatic heterocycles. The molecular weight excluding hydrogens is 236 g/mol. The van der Waals surface area contributed by atoms with Gasteiger partial charge in [0.05, 0.1) is 12.7 Å². The van der Waals surface area contributed by atoms with Crippen LogP contribution in [0.5, 0.6) is 0 Å². The molecule has 0 aliphatic rings. The van der Waals surface area contributed by atoms with Gasteiger partial charge in [-0.1, -0.05) is 0 Å². The average molecular weight is 254 g/mol. The first-order valence-corrected chi connectivity index (χ1v) is 5.78. The van der Waals surface area contributed by atoms with Crippen molar-refractivity contribution in [1.82, 2.24) is 10.6 Å². The fraction of sp³-hybridized carbons (Fsp3) is 0.500. The lowest BCUT2D eigenvalue weighted by Gasteiger charge is -2.16. The molecule has 100 valence electrons. The van der Waals surface area contributed by atoms with E-state index in [-0.39, 0.29) is 18.5 Å². The molecule has 0 fully saturated rings. The molecular formula is C12H18N2O4. The molecule has 0 bridgehead atoms. The number of carbonyl (C=O) groups excluding carboxylic acids is 1. The minimum absolute atomic E-state index is 0.0896. The highest BCUT2D eigenvalue weighted by Crippen LogP contribution is 2.03. The number of carboxylic acid groups (broad SMARTS) is 1. The van der Waals surface area contributed by atoms with Crippen LogP contribution < -0.4 is 10.6 Å². The van der Waals surface area contributed by atoms with Crippen molar-refractivity contribution in [2.45, 2.75) is 38.8 Å². The fourth-order valence-electron chi connectivity index (χ4n) is 1.58. The smallest absolute Gasteiger partial charge is 0.315 e.